The summed E-state index contributed by atoms with van der Waals surface area (Å²) in [6.45, 7) is 8.90. The molecule has 2 aliphatic heterocycles. The fraction of sp³-hybridized carbons (Fsp3) is 0.500. The Bertz CT molecular complexity index is 1050. The van der Waals surface area contributed by atoms with Crippen molar-refractivity contribution in [1.82, 2.24) is 29.9 Å². The topological polar surface area (TPSA) is 69.5 Å². The standard InChI is InChI=1S/C26H35N7OS/c34-24(23-10-6-15-33(21-23)26-29-28-25(35-26)32-13-4-5-14-32)27-11-7-12-30-16-18-31(19-17-30)20-22-8-2-1-3-9-22/h1-5,8-9,13-14,23H,6-7,10-12,15-21H2,(H,27,34)/t23-/m1/s1. The fourth-order valence-corrected chi connectivity index (χ4v) is 5.79. The zero-order valence-corrected chi connectivity index (χ0v) is 21.1. The molecule has 2 saturated heterocycles. The second kappa shape index (κ2) is 11.8. The molecule has 0 unspecified atom stereocenters. The first kappa shape index (κ1) is 24.0. The molecule has 5 rings (SSSR count). The molecule has 2 aromatic heterocycles. The summed E-state index contributed by atoms with van der Waals surface area (Å²) in [7, 11) is 0. The van der Waals surface area contributed by atoms with Crippen LogP contribution in [0.4, 0.5) is 5.13 Å². The highest BCUT2D eigenvalue weighted by Crippen LogP contribution is 2.27. The van der Waals surface area contributed by atoms with Crippen molar-refractivity contribution in [3.63, 3.8) is 0 Å². The van der Waals surface area contributed by atoms with Gasteiger partial charge in [0.15, 0.2) is 0 Å². The molecular weight excluding hydrogens is 458 g/mol. The molecule has 1 N–H and O–H groups in total. The third kappa shape index (κ3) is 6.48. The molecule has 0 spiro atoms. The third-order valence-corrected chi connectivity index (χ3v) is 7.95. The van der Waals surface area contributed by atoms with Crippen molar-refractivity contribution in [2.45, 2.75) is 25.8 Å². The molecule has 186 valence electrons. The summed E-state index contributed by atoms with van der Waals surface area (Å²) in [6.07, 6.45) is 6.89. The van der Waals surface area contributed by atoms with Crippen LogP contribution in [0.3, 0.4) is 0 Å². The maximum absolute atomic E-state index is 12.8. The van der Waals surface area contributed by atoms with Gasteiger partial charge in [-0.2, -0.15) is 0 Å². The van der Waals surface area contributed by atoms with Crippen molar-refractivity contribution in [2.24, 2.45) is 5.92 Å². The van der Waals surface area contributed by atoms with Crippen LogP contribution in [0.5, 0.6) is 0 Å². The van der Waals surface area contributed by atoms with E-state index in [1.165, 1.54) is 5.56 Å². The van der Waals surface area contributed by atoms with Gasteiger partial charge < -0.3 is 15.1 Å². The number of nitrogens with zero attached hydrogens (tertiary/aromatic N) is 6. The molecule has 8 nitrogen and oxygen atoms in total. The monoisotopic (exact) mass is 493 g/mol. The summed E-state index contributed by atoms with van der Waals surface area (Å²) in [4.78, 5) is 20.1. The Morgan fingerprint density at radius 3 is 2.49 bits per heavy atom. The van der Waals surface area contributed by atoms with Crippen LogP contribution >= 0.6 is 11.3 Å². The lowest BCUT2D eigenvalue weighted by molar-refractivity contribution is -0.125. The van der Waals surface area contributed by atoms with E-state index >= 15 is 0 Å². The van der Waals surface area contributed by atoms with Crippen LogP contribution in [-0.4, -0.2) is 82.8 Å². The van der Waals surface area contributed by atoms with Crippen molar-refractivity contribution >= 4 is 22.4 Å². The van der Waals surface area contributed by atoms with Crippen LogP contribution in [-0.2, 0) is 11.3 Å². The van der Waals surface area contributed by atoms with E-state index in [2.05, 4.69) is 60.5 Å². The largest absolute Gasteiger partial charge is 0.356 e. The lowest BCUT2D eigenvalue weighted by Gasteiger charge is -2.34. The molecule has 0 saturated carbocycles. The van der Waals surface area contributed by atoms with Gasteiger partial charge in [-0.15, -0.1) is 10.2 Å². The molecule has 0 aliphatic carbocycles. The maximum Gasteiger partial charge on any atom is 0.224 e. The average Bonchev–Trinajstić information content (AvgIpc) is 3.61. The van der Waals surface area contributed by atoms with E-state index in [0.717, 1.165) is 88.4 Å². The Hall–Kier alpha value is -2.75. The van der Waals surface area contributed by atoms with E-state index < -0.39 is 0 Å². The molecule has 1 aromatic carbocycles. The van der Waals surface area contributed by atoms with Gasteiger partial charge >= 0.3 is 0 Å². The molecule has 2 aliphatic rings. The highest BCUT2D eigenvalue weighted by atomic mass is 32.1. The Morgan fingerprint density at radius 1 is 0.943 bits per heavy atom. The van der Waals surface area contributed by atoms with E-state index in [9.17, 15) is 4.79 Å². The molecule has 1 atom stereocenters. The van der Waals surface area contributed by atoms with Crippen LogP contribution in [0.15, 0.2) is 54.9 Å². The lowest BCUT2D eigenvalue weighted by atomic mass is 9.97. The summed E-state index contributed by atoms with van der Waals surface area (Å²) >= 11 is 1.57. The van der Waals surface area contributed by atoms with Gasteiger partial charge in [-0.25, -0.2) is 0 Å². The number of aromatic nitrogens is 3. The number of nitrogens with one attached hydrogen (secondary N) is 1. The number of anilines is 1. The maximum atomic E-state index is 12.8. The molecule has 4 heterocycles. The Labute approximate surface area is 211 Å². The molecule has 35 heavy (non-hydrogen) atoms. The van der Waals surface area contributed by atoms with E-state index in [4.69, 9.17) is 0 Å². The number of carbonyl (C=O) groups excluding carboxylic acids is 1. The zero-order chi connectivity index (χ0) is 23.9. The minimum atomic E-state index is 0.0178. The first-order valence-corrected chi connectivity index (χ1v) is 13.5. The van der Waals surface area contributed by atoms with E-state index in [-0.39, 0.29) is 11.8 Å². The number of amides is 1. The molecule has 1 amide bonds. The molecule has 3 aromatic rings. The quantitative estimate of drug-likeness (QED) is 0.463. The smallest absolute Gasteiger partial charge is 0.224 e. The first-order valence-electron chi connectivity index (χ1n) is 12.7. The number of carbonyl (C=O) groups is 1. The van der Waals surface area contributed by atoms with Gasteiger partial charge in [-0.1, -0.05) is 41.7 Å². The second-order valence-electron chi connectivity index (χ2n) is 9.49. The number of hydrogen-bond acceptors (Lipinski definition) is 7. The Kier molecular flexibility index (Phi) is 8.07. The van der Waals surface area contributed by atoms with E-state index in [1.807, 2.05) is 29.1 Å². The fourth-order valence-electron chi connectivity index (χ4n) is 4.94. The van der Waals surface area contributed by atoms with E-state index in [0.29, 0.717) is 0 Å². The lowest BCUT2D eigenvalue weighted by Crippen LogP contribution is -2.47. The van der Waals surface area contributed by atoms with Crippen LogP contribution < -0.4 is 10.2 Å². The highest BCUT2D eigenvalue weighted by Gasteiger charge is 2.27. The minimum absolute atomic E-state index is 0.0178. The average molecular weight is 494 g/mol. The second-order valence-corrected chi connectivity index (χ2v) is 10.4. The number of hydrogen-bond donors (Lipinski definition) is 1. The normalized spacial score (nSPS) is 19.7. The Balaban J connectivity index is 0.998. The van der Waals surface area contributed by atoms with Gasteiger partial charge in [0, 0.05) is 64.8 Å². The van der Waals surface area contributed by atoms with Crippen molar-refractivity contribution in [3.8, 4) is 5.13 Å². The third-order valence-electron chi connectivity index (χ3n) is 6.96. The SMILES string of the molecule is O=C(NCCCN1CCN(Cc2ccccc2)CC1)[C@@H]1CCCN(c2nnc(-n3cccc3)s2)C1. The first-order chi connectivity index (χ1) is 17.2. The van der Waals surface area contributed by atoms with Crippen LogP contribution in [0, 0.1) is 5.92 Å². The molecular formula is C26H35N7OS. The molecule has 2 fully saturated rings. The summed E-state index contributed by atoms with van der Waals surface area (Å²) in [5.41, 5.74) is 1.39. The number of benzene rings is 1. The minimum Gasteiger partial charge on any atom is -0.356 e. The van der Waals surface area contributed by atoms with E-state index in [1.54, 1.807) is 11.3 Å². The number of rotatable bonds is 9. The van der Waals surface area contributed by atoms with Crippen molar-refractivity contribution in [2.75, 3.05) is 57.3 Å². The molecule has 0 bridgehead atoms. The van der Waals surface area contributed by atoms with Gasteiger partial charge in [-0.3, -0.25) is 14.3 Å². The summed E-state index contributed by atoms with van der Waals surface area (Å²) in [5, 5.41) is 13.6. The van der Waals surface area contributed by atoms with Gasteiger partial charge in [0.1, 0.15) is 0 Å². The zero-order valence-electron chi connectivity index (χ0n) is 20.3. The summed E-state index contributed by atoms with van der Waals surface area (Å²) in [5.74, 6) is 0.196. The van der Waals surface area contributed by atoms with Crippen molar-refractivity contribution < 1.29 is 4.79 Å². The summed E-state index contributed by atoms with van der Waals surface area (Å²) in [6, 6.07) is 14.7. The number of piperidine rings is 1. The van der Waals surface area contributed by atoms with Gasteiger partial charge in [0.25, 0.3) is 0 Å². The van der Waals surface area contributed by atoms with Crippen LogP contribution in [0.1, 0.15) is 24.8 Å². The van der Waals surface area contributed by atoms with Crippen LogP contribution in [0.2, 0.25) is 0 Å². The van der Waals surface area contributed by atoms with Crippen molar-refractivity contribution in [3.05, 3.63) is 60.4 Å². The van der Waals surface area contributed by atoms with Crippen molar-refractivity contribution in [1.29, 1.82) is 0 Å². The summed E-state index contributed by atoms with van der Waals surface area (Å²) < 4.78 is 1.97. The van der Waals surface area contributed by atoms with Gasteiger partial charge in [-0.05, 0) is 43.5 Å². The van der Waals surface area contributed by atoms with Gasteiger partial charge in [0.05, 0.1) is 5.92 Å². The molecule has 0 radical (unpaired) electrons. The molecule has 9 heteroatoms. The predicted octanol–water partition coefficient (Wildman–Crippen LogP) is 2.87. The number of piperazine rings is 1. The van der Waals surface area contributed by atoms with Gasteiger partial charge in [0.2, 0.25) is 16.2 Å². The van der Waals surface area contributed by atoms with Crippen LogP contribution in [0.25, 0.3) is 5.13 Å². The predicted molar refractivity (Wildman–Crippen MR) is 140 cm³/mol. The Morgan fingerprint density at radius 2 is 1.69 bits per heavy atom. The highest BCUT2D eigenvalue weighted by molar-refractivity contribution is 7.17.